The van der Waals surface area contributed by atoms with Crippen LogP contribution in [-0.4, -0.2) is 35.7 Å². The first kappa shape index (κ1) is 24.1. The zero-order chi connectivity index (χ0) is 22.8. The highest BCUT2D eigenvalue weighted by molar-refractivity contribution is 7.81. The first-order valence-corrected chi connectivity index (χ1v) is 9.94. The molecule has 164 valence electrons. The fourth-order valence-electron chi connectivity index (χ4n) is 2.39. The fourth-order valence-corrected chi connectivity index (χ4v) is 2.85. The first-order valence-electron chi connectivity index (χ1n) is 9.02. The van der Waals surface area contributed by atoms with Crippen molar-refractivity contribution in [2.75, 3.05) is 12.4 Å². The number of anilines is 1. The standard InChI is InChI=1S/C20H21FN4O4S2/c1-29-16-8-2-12(3-9-16)18(28)23-19(30)13(11-26)10-17(27)24-25-20(31)22-15-6-4-14(21)5-7-15/h2-9,11,13,19,30H,10H2,1H3,(H,23,28)(H,24,27)(H2,22,25,31). The maximum absolute atomic E-state index is 12.9. The molecule has 31 heavy (non-hydrogen) atoms. The number of hydrogen-bond acceptors (Lipinski definition) is 6. The van der Waals surface area contributed by atoms with E-state index in [0.717, 1.165) is 0 Å². The van der Waals surface area contributed by atoms with Gasteiger partial charge in [0.05, 0.1) is 18.4 Å². The lowest BCUT2D eigenvalue weighted by Gasteiger charge is -2.19. The minimum absolute atomic E-state index is 0.0674. The molecule has 11 heteroatoms. The molecule has 0 aliphatic heterocycles. The molecule has 0 saturated carbocycles. The van der Waals surface area contributed by atoms with Crippen molar-refractivity contribution < 1.29 is 23.5 Å². The molecule has 2 unspecified atom stereocenters. The van der Waals surface area contributed by atoms with Crippen molar-refractivity contribution in [3.05, 3.63) is 59.9 Å². The Balaban J connectivity index is 1.81. The summed E-state index contributed by atoms with van der Waals surface area (Å²) in [5.74, 6) is -1.67. The summed E-state index contributed by atoms with van der Waals surface area (Å²) in [7, 11) is 1.51. The van der Waals surface area contributed by atoms with Crippen LogP contribution in [0.5, 0.6) is 5.75 Å². The van der Waals surface area contributed by atoms with E-state index in [9.17, 15) is 18.8 Å². The second kappa shape index (κ2) is 11.9. The molecule has 0 heterocycles. The van der Waals surface area contributed by atoms with E-state index >= 15 is 0 Å². The van der Waals surface area contributed by atoms with E-state index in [1.165, 1.54) is 31.4 Å². The highest BCUT2D eigenvalue weighted by Gasteiger charge is 2.23. The van der Waals surface area contributed by atoms with Gasteiger partial charge in [0, 0.05) is 17.7 Å². The van der Waals surface area contributed by atoms with Crippen LogP contribution in [0.1, 0.15) is 16.8 Å². The van der Waals surface area contributed by atoms with Crippen molar-refractivity contribution in [1.29, 1.82) is 0 Å². The van der Waals surface area contributed by atoms with Gasteiger partial charge in [-0.2, -0.15) is 12.6 Å². The predicted octanol–water partition coefficient (Wildman–Crippen LogP) is 2.04. The second-order valence-corrected chi connectivity index (χ2v) is 7.25. The van der Waals surface area contributed by atoms with Gasteiger partial charge in [-0.15, -0.1) is 0 Å². The van der Waals surface area contributed by atoms with Gasteiger partial charge in [-0.1, -0.05) is 0 Å². The summed E-state index contributed by atoms with van der Waals surface area (Å²) in [6.45, 7) is 0. The quantitative estimate of drug-likeness (QED) is 0.134. The highest BCUT2D eigenvalue weighted by Crippen LogP contribution is 2.14. The van der Waals surface area contributed by atoms with Crippen LogP contribution in [0.2, 0.25) is 0 Å². The number of carbonyl (C=O) groups excluding carboxylic acids is 3. The molecule has 0 aliphatic carbocycles. The maximum Gasteiger partial charge on any atom is 0.252 e. The van der Waals surface area contributed by atoms with E-state index in [2.05, 4.69) is 34.1 Å². The van der Waals surface area contributed by atoms with E-state index in [-0.39, 0.29) is 11.5 Å². The van der Waals surface area contributed by atoms with Crippen LogP contribution < -0.4 is 26.2 Å². The number of ether oxygens (including phenoxy) is 1. The molecule has 2 aromatic rings. The third kappa shape index (κ3) is 7.87. The predicted molar refractivity (Wildman–Crippen MR) is 121 cm³/mol. The molecule has 4 N–H and O–H groups in total. The first-order chi connectivity index (χ1) is 14.8. The van der Waals surface area contributed by atoms with E-state index in [4.69, 9.17) is 17.0 Å². The van der Waals surface area contributed by atoms with E-state index < -0.39 is 28.9 Å². The molecule has 2 rings (SSSR count). The van der Waals surface area contributed by atoms with Gasteiger partial charge in [-0.3, -0.25) is 20.4 Å². The van der Waals surface area contributed by atoms with Crippen molar-refractivity contribution in [2.45, 2.75) is 11.8 Å². The summed E-state index contributed by atoms with van der Waals surface area (Å²) in [6, 6.07) is 11.8. The van der Waals surface area contributed by atoms with E-state index in [1.807, 2.05) is 0 Å². The van der Waals surface area contributed by atoms with Crippen molar-refractivity contribution in [2.24, 2.45) is 5.92 Å². The minimum atomic E-state index is -0.887. The van der Waals surface area contributed by atoms with Crippen LogP contribution in [0.4, 0.5) is 10.1 Å². The molecule has 2 aromatic carbocycles. The molecule has 0 bridgehead atoms. The van der Waals surface area contributed by atoms with E-state index in [1.54, 1.807) is 24.3 Å². The smallest absolute Gasteiger partial charge is 0.252 e. The Morgan fingerprint density at radius 3 is 2.35 bits per heavy atom. The monoisotopic (exact) mass is 464 g/mol. The molecule has 0 saturated heterocycles. The summed E-state index contributed by atoms with van der Waals surface area (Å²) >= 11 is 9.26. The zero-order valence-electron chi connectivity index (χ0n) is 16.4. The third-order valence-corrected chi connectivity index (χ3v) is 4.77. The summed E-state index contributed by atoms with van der Waals surface area (Å²) in [5.41, 5.74) is 5.70. The number of hydrazine groups is 1. The van der Waals surface area contributed by atoms with Crippen molar-refractivity contribution >= 4 is 53.7 Å². The van der Waals surface area contributed by atoms with Gasteiger partial charge >= 0.3 is 0 Å². The second-order valence-electron chi connectivity index (χ2n) is 6.29. The van der Waals surface area contributed by atoms with Crippen LogP contribution in [0.25, 0.3) is 0 Å². The Hall–Kier alpha value is -3.18. The van der Waals surface area contributed by atoms with Crippen LogP contribution in [0.15, 0.2) is 48.5 Å². The third-order valence-electron chi connectivity index (χ3n) is 4.05. The Labute approximate surface area is 189 Å². The molecule has 2 amide bonds. The summed E-state index contributed by atoms with van der Waals surface area (Å²) < 4.78 is 17.9. The number of thiol groups is 1. The average molecular weight is 465 g/mol. The molecule has 0 fully saturated rings. The van der Waals surface area contributed by atoms with Crippen LogP contribution in [0, 0.1) is 11.7 Å². The zero-order valence-corrected chi connectivity index (χ0v) is 18.1. The van der Waals surface area contributed by atoms with Crippen molar-refractivity contribution in [3.8, 4) is 5.75 Å². The van der Waals surface area contributed by atoms with Gasteiger partial charge in [-0.05, 0) is 60.7 Å². The summed E-state index contributed by atoms with van der Waals surface area (Å²) in [5, 5.41) is 4.51. The number of carbonyl (C=O) groups is 3. The normalized spacial score (nSPS) is 12.1. The molecule has 0 spiro atoms. The lowest BCUT2D eigenvalue weighted by atomic mass is 10.1. The lowest BCUT2D eigenvalue weighted by molar-refractivity contribution is -0.125. The number of thiocarbonyl (C=S) groups is 1. The molecular formula is C20H21FN4O4S2. The molecule has 0 radical (unpaired) electrons. The highest BCUT2D eigenvalue weighted by atomic mass is 32.1. The minimum Gasteiger partial charge on any atom is -0.497 e. The Morgan fingerprint density at radius 1 is 1.13 bits per heavy atom. The molecule has 2 atom stereocenters. The lowest BCUT2D eigenvalue weighted by Crippen LogP contribution is -2.46. The SMILES string of the molecule is COc1ccc(C(=O)NC(S)C(C=O)CC(=O)NNC(=S)Nc2ccc(F)cc2)cc1. The number of hydrogen-bond donors (Lipinski definition) is 5. The largest absolute Gasteiger partial charge is 0.497 e. The average Bonchev–Trinajstić information content (AvgIpc) is 2.77. The van der Waals surface area contributed by atoms with Crippen LogP contribution in [0.3, 0.4) is 0 Å². The van der Waals surface area contributed by atoms with E-state index in [0.29, 0.717) is 23.3 Å². The topological polar surface area (TPSA) is 109 Å². The summed E-state index contributed by atoms with van der Waals surface area (Å²) in [6.07, 6.45) is 0.299. The van der Waals surface area contributed by atoms with Crippen LogP contribution in [-0.2, 0) is 9.59 Å². The number of methoxy groups -OCH3 is 1. The number of rotatable bonds is 8. The van der Waals surface area contributed by atoms with Gasteiger partial charge in [-0.25, -0.2) is 4.39 Å². The van der Waals surface area contributed by atoms with Crippen molar-refractivity contribution in [1.82, 2.24) is 16.2 Å². The number of benzene rings is 2. The number of aldehydes is 1. The van der Waals surface area contributed by atoms with Gasteiger partial charge < -0.3 is 20.2 Å². The Kier molecular flexibility index (Phi) is 9.22. The Bertz CT molecular complexity index is 926. The molecule has 8 nitrogen and oxygen atoms in total. The molecule has 0 aromatic heterocycles. The Morgan fingerprint density at radius 2 is 1.77 bits per heavy atom. The van der Waals surface area contributed by atoms with Gasteiger partial charge in [0.15, 0.2) is 5.11 Å². The van der Waals surface area contributed by atoms with Crippen molar-refractivity contribution in [3.63, 3.8) is 0 Å². The van der Waals surface area contributed by atoms with Gasteiger partial charge in [0.1, 0.15) is 17.9 Å². The fraction of sp³-hybridized carbons (Fsp3) is 0.200. The molecule has 0 aliphatic rings. The maximum atomic E-state index is 12.9. The number of halogens is 1. The number of nitrogens with one attached hydrogen (secondary N) is 4. The summed E-state index contributed by atoms with van der Waals surface area (Å²) in [4.78, 5) is 35.8. The van der Waals surface area contributed by atoms with Crippen LogP contribution >= 0.6 is 24.8 Å². The van der Waals surface area contributed by atoms with Gasteiger partial charge in [0.2, 0.25) is 5.91 Å². The van der Waals surface area contributed by atoms with Gasteiger partial charge in [0.25, 0.3) is 5.91 Å². The molecular weight excluding hydrogens is 443 g/mol. The number of amides is 2.